The molecule has 2 N–H and O–H groups in total. The Balaban J connectivity index is 3.44. The molecule has 2 nitrogen and oxygen atoms in total. The van der Waals surface area contributed by atoms with Crippen LogP contribution in [0.3, 0.4) is 0 Å². The molecule has 0 radical (unpaired) electrons. The van der Waals surface area contributed by atoms with Crippen molar-refractivity contribution in [3.8, 4) is 0 Å². The summed E-state index contributed by atoms with van der Waals surface area (Å²) in [5, 5.41) is 10.1. The lowest BCUT2D eigenvalue weighted by Crippen LogP contribution is -2.34. The van der Waals surface area contributed by atoms with Crippen LogP contribution in [0.5, 0.6) is 0 Å². The molecule has 0 aromatic rings. The predicted octanol–water partition coefficient (Wildman–Crippen LogP) is 0.161. The number of halogens is 2. The van der Waals surface area contributed by atoms with Crippen molar-refractivity contribution in [3.05, 3.63) is 0 Å². The Bertz CT molecular complexity index is 98.6. The molecule has 0 atom stereocenters. The highest BCUT2D eigenvalue weighted by molar-refractivity contribution is 7.78. The lowest BCUT2D eigenvalue weighted by molar-refractivity contribution is -0.0440. The fourth-order valence-electron chi connectivity index (χ4n) is 0.247. The molecule has 0 saturated carbocycles. The van der Waals surface area contributed by atoms with Crippen molar-refractivity contribution < 1.29 is 13.9 Å². The maximum absolute atomic E-state index is 12.0. The summed E-state index contributed by atoms with van der Waals surface area (Å²) in [5.41, 5.74) is 0.990. The van der Waals surface area contributed by atoms with Gasteiger partial charge in [0.1, 0.15) is 6.61 Å². The van der Waals surface area contributed by atoms with Crippen LogP contribution in [0.2, 0.25) is 0 Å². The molecule has 0 aliphatic rings. The van der Waals surface area contributed by atoms with Crippen LogP contribution in [0, 0.1) is 0 Å². The molecule has 0 unspecified atom stereocenters. The molecule has 0 aromatic carbocycles. The highest BCUT2D eigenvalue weighted by atomic mass is 32.1. The van der Waals surface area contributed by atoms with E-state index in [4.69, 9.17) is 5.11 Å². The fraction of sp³-hybridized carbons (Fsp3) is 0.750. The minimum atomic E-state index is -3.06. The molecule has 9 heavy (non-hydrogen) atoms. The third-order valence-electron chi connectivity index (χ3n) is 0.675. The van der Waals surface area contributed by atoms with Gasteiger partial charge in [0.2, 0.25) is 0 Å². The van der Waals surface area contributed by atoms with E-state index in [9.17, 15) is 8.78 Å². The maximum Gasteiger partial charge on any atom is 0.287 e. The minimum absolute atomic E-state index is 0.604. The molecule has 0 spiro atoms. The molecular formula is C4H7F2NOS. The SMILES string of the molecule is OCC(F)(F)CNC=S. The maximum atomic E-state index is 12.0. The summed E-state index contributed by atoms with van der Waals surface area (Å²) in [7, 11) is 0. The number of alkyl halides is 2. The Morgan fingerprint density at radius 1 is 1.67 bits per heavy atom. The molecule has 0 fully saturated rings. The number of aliphatic hydroxyl groups is 1. The van der Waals surface area contributed by atoms with Crippen molar-refractivity contribution in [2.75, 3.05) is 13.2 Å². The second-order valence-electron chi connectivity index (χ2n) is 1.51. The number of thiocarbonyl (C=S) groups is 1. The fourth-order valence-corrected chi connectivity index (χ4v) is 0.330. The van der Waals surface area contributed by atoms with E-state index in [1.165, 1.54) is 0 Å². The number of hydrogen-bond donors (Lipinski definition) is 2. The van der Waals surface area contributed by atoms with Gasteiger partial charge in [0, 0.05) is 0 Å². The van der Waals surface area contributed by atoms with Crippen molar-refractivity contribution in [2.45, 2.75) is 5.92 Å². The van der Waals surface area contributed by atoms with E-state index in [0.29, 0.717) is 0 Å². The Kier molecular flexibility index (Phi) is 3.56. The highest BCUT2D eigenvalue weighted by Crippen LogP contribution is 2.08. The van der Waals surface area contributed by atoms with Crippen LogP contribution in [0.25, 0.3) is 0 Å². The lowest BCUT2D eigenvalue weighted by atomic mass is 10.4. The van der Waals surface area contributed by atoms with Crippen LogP contribution in [0.15, 0.2) is 0 Å². The van der Waals surface area contributed by atoms with E-state index in [1.807, 2.05) is 0 Å². The smallest absolute Gasteiger partial charge is 0.287 e. The Labute approximate surface area is 56.9 Å². The van der Waals surface area contributed by atoms with Crippen LogP contribution in [-0.2, 0) is 0 Å². The number of aliphatic hydroxyl groups excluding tert-OH is 1. The summed E-state index contributed by atoms with van der Waals surface area (Å²) in [4.78, 5) is 0. The van der Waals surface area contributed by atoms with E-state index >= 15 is 0 Å². The normalized spacial score (nSPS) is 11.0. The van der Waals surface area contributed by atoms with E-state index in [0.717, 1.165) is 5.49 Å². The van der Waals surface area contributed by atoms with Crippen molar-refractivity contribution in [3.63, 3.8) is 0 Å². The first-order valence-electron chi connectivity index (χ1n) is 2.28. The Morgan fingerprint density at radius 3 is 2.56 bits per heavy atom. The van der Waals surface area contributed by atoms with Gasteiger partial charge in [-0.05, 0) is 0 Å². The average molecular weight is 155 g/mol. The Hall–Kier alpha value is -0.290. The molecule has 5 heteroatoms. The first-order valence-corrected chi connectivity index (χ1v) is 2.75. The molecular weight excluding hydrogens is 148 g/mol. The summed E-state index contributed by atoms with van der Waals surface area (Å²) in [6, 6.07) is 0. The summed E-state index contributed by atoms with van der Waals surface area (Å²) in [5.74, 6) is -3.06. The van der Waals surface area contributed by atoms with Gasteiger partial charge in [-0.3, -0.25) is 0 Å². The van der Waals surface area contributed by atoms with Gasteiger partial charge >= 0.3 is 0 Å². The first kappa shape index (κ1) is 8.71. The van der Waals surface area contributed by atoms with Crippen molar-refractivity contribution in [1.29, 1.82) is 0 Å². The van der Waals surface area contributed by atoms with Crippen LogP contribution in [0.4, 0.5) is 8.78 Å². The molecule has 54 valence electrons. The molecule has 0 rings (SSSR count). The molecule has 0 aliphatic carbocycles. The van der Waals surface area contributed by atoms with Gasteiger partial charge in [0.15, 0.2) is 0 Å². The van der Waals surface area contributed by atoms with Gasteiger partial charge in [-0.25, -0.2) is 8.78 Å². The monoisotopic (exact) mass is 155 g/mol. The molecule has 0 aliphatic heterocycles. The second-order valence-corrected chi connectivity index (χ2v) is 1.75. The summed E-state index contributed by atoms with van der Waals surface area (Å²) < 4.78 is 23.9. The van der Waals surface area contributed by atoms with Gasteiger partial charge in [0.05, 0.1) is 12.0 Å². The number of rotatable bonds is 4. The zero-order chi connectivity index (χ0) is 7.33. The zero-order valence-electron chi connectivity index (χ0n) is 4.60. The van der Waals surface area contributed by atoms with Crippen LogP contribution in [0.1, 0.15) is 0 Å². The summed E-state index contributed by atoms with van der Waals surface area (Å²) in [6.07, 6.45) is 0. The topological polar surface area (TPSA) is 32.3 Å². The first-order chi connectivity index (χ1) is 4.12. The van der Waals surface area contributed by atoms with Crippen molar-refractivity contribution >= 4 is 17.7 Å². The third kappa shape index (κ3) is 4.23. The predicted molar refractivity (Wildman–Crippen MR) is 33.7 cm³/mol. The van der Waals surface area contributed by atoms with E-state index < -0.39 is 19.1 Å². The van der Waals surface area contributed by atoms with Gasteiger partial charge in [-0.2, -0.15) is 0 Å². The second kappa shape index (κ2) is 3.68. The van der Waals surface area contributed by atoms with E-state index in [-0.39, 0.29) is 0 Å². The summed E-state index contributed by atoms with van der Waals surface area (Å²) >= 11 is 4.22. The molecule has 0 saturated heterocycles. The van der Waals surface area contributed by atoms with Gasteiger partial charge in [0.25, 0.3) is 5.92 Å². The number of nitrogens with one attached hydrogen (secondary N) is 1. The van der Waals surface area contributed by atoms with Crippen molar-refractivity contribution in [2.24, 2.45) is 0 Å². The minimum Gasteiger partial charge on any atom is -0.390 e. The molecule has 0 heterocycles. The van der Waals surface area contributed by atoms with E-state index in [1.54, 1.807) is 0 Å². The average Bonchev–Trinajstić information content (AvgIpc) is 1.84. The lowest BCUT2D eigenvalue weighted by Gasteiger charge is -2.11. The largest absolute Gasteiger partial charge is 0.390 e. The zero-order valence-corrected chi connectivity index (χ0v) is 5.42. The van der Waals surface area contributed by atoms with Gasteiger partial charge in [-0.1, -0.05) is 12.2 Å². The van der Waals surface area contributed by atoms with Crippen molar-refractivity contribution in [1.82, 2.24) is 5.32 Å². The summed E-state index contributed by atoms with van der Waals surface area (Å²) in [6.45, 7) is -1.75. The van der Waals surface area contributed by atoms with Gasteiger partial charge < -0.3 is 10.4 Å². The van der Waals surface area contributed by atoms with Gasteiger partial charge in [-0.15, -0.1) is 0 Å². The van der Waals surface area contributed by atoms with Crippen LogP contribution in [-0.4, -0.2) is 29.7 Å². The number of hydrogen-bond acceptors (Lipinski definition) is 2. The Morgan fingerprint density at radius 2 is 2.22 bits per heavy atom. The molecule has 0 amide bonds. The quantitative estimate of drug-likeness (QED) is 0.567. The van der Waals surface area contributed by atoms with Crippen LogP contribution < -0.4 is 5.32 Å². The standard InChI is InChI=1S/C4H7F2NOS/c5-4(6,2-8)1-7-3-9/h3,8H,1-2H2,(H,7,9). The highest BCUT2D eigenvalue weighted by Gasteiger charge is 2.26. The van der Waals surface area contributed by atoms with Crippen LogP contribution >= 0.6 is 12.2 Å². The molecule has 0 bridgehead atoms. The third-order valence-corrected chi connectivity index (χ3v) is 0.842. The molecule has 0 aromatic heterocycles. The van der Waals surface area contributed by atoms with E-state index in [2.05, 4.69) is 17.5 Å².